The van der Waals surface area contributed by atoms with Crippen molar-refractivity contribution in [3.63, 3.8) is 0 Å². The Balaban J connectivity index is 2.60. The lowest BCUT2D eigenvalue weighted by atomic mass is 9.84. The van der Waals surface area contributed by atoms with Crippen molar-refractivity contribution in [1.82, 2.24) is 5.32 Å². The summed E-state index contributed by atoms with van der Waals surface area (Å²) in [7, 11) is 1.70. The van der Waals surface area contributed by atoms with Crippen LogP contribution in [0.15, 0.2) is 0 Å². The highest BCUT2D eigenvalue weighted by Crippen LogP contribution is 2.24. The van der Waals surface area contributed by atoms with Gasteiger partial charge < -0.3 is 15.2 Å². The quantitative estimate of drug-likeness (QED) is 0.731. The molecule has 0 amide bonds. The maximum absolute atomic E-state index is 9.67. The number of aliphatic hydroxyl groups is 1. The van der Waals surface area contributed by atoms with Crippen molar-refractivity contribution in [3.05, 3.63) is 0 Å². The zero-order chi connectivity index (χ0) is 12.0. The minimum atomic E-state index is -0.267. The molecule has 0 aromatic rings. The van der Waals surface area contributed by atoms with Crippen LogP contribution in [0.2, 0.25) is 0 Å². The molecule has 96 valence electrons. The summed E-state index contributed by atoms with van der Waals surface area (Å²) in [5, 5.41) is 13.3. The average molecular weight is 229 g/mol. The Morgan fingerprint density at radius 3 is 2.38 bits per heavy atom. The van der Waals surface area contributed by atoms with E-state index < -0.39 is 0 Å². The van der Waals surface area contributed by atoms with Crippen molar-refractivity contribution >= 4 is 0 Å². The van der Waals surface area contributed by atoms with Gasteiger partial charge in [-0.05, 0) is 18.8 Å². The topological polar surface area (TPSA) is 41.5 Å². The largest absolute Gasteiger partial charge is 0.394 e. The van der Waals surface area contributed by atoms with E-state index in [1.165, 1.54) is 32.1 Å². The van der Waals surface area contributed by atoms with Crippen LogP contribution in [-0.2, 0) is 4.74 Å². The predicted octanol–water partition coefficient (Wildman–Crippen LogP) is 1.94. The van der Waals surface area contributed by atoms with Crippen molar-refractivity contribution in [1.29, 1.82) is 0 Å². The van der Waals surface area contributed by atoms with Crippen LogP contribution < -0.4 is 5.32 Å². The second-order valence-corrected chi connectivity index (χ2v) is 5.38. The van der Waals surface area contributed by atoms with E-state index in [9.17, 15) is 5.11 Å². The first-order valence-electron chi connectivity index (χ1n) is 6.52. The molecule has 1 aliphatic rings. The fourth-order valence-electron chi connectivity index (χ4n) is 2.56. The fraction of sp³-hybridized carbons (Fsp3) is 1.00. The van der Waals surface area contributed by atoms with Gasteiger partial charge >= 0.3 is 0 Å². The van der Waals surface area contributed by atoms with Gasteiger partial charge in [0, 0.05) is 13.2 Å². The second kappa shape index (κ2) is 6.58. The molecule has 1 rings (SSSR count). The number of nitrogens with one attached hydrogen (secondary N) is 1. The Labute approximate surface area is 99.6 Å². The smallest absolute Gasteiger partial charge is 0.0676 e. The van der Waals surface area contributed by atoms with Crippen LogP contribution in [0, 0.1) is 5.92 Å². The molecule has 0 saturated heterocycles. The lowest BCUT2D eigenvalue weighted by molar-refractivity contribution is 0.0217. The van der Waals surface area contributed by atoms with Gasteiger partial charge in [0.15, 0.2) is 0 Å². The van der Waals surface area contributed by atoms with Crippen LogP contribution in [0.25, 0.3) is 0 Å². The molecule has 0 spiro atoms. The van der Waals surface area contributed by atoms with Crippen LogP contribution >= 0.6 is 0 Å². The van der Waals surface area contributed by atoms with Gasteiger partial charge in [-0.3, -0.25) is 0 Å². The molecular weight excluding hydrogens is 202 g/mol. The Kier molecular flexibility index (Phi) is 5.73. The highest BCUT2D eigenvalue weighted by atomic mass is 16.5. The highest BCUT2D eigenvalue weighted by molar-refractivity contribution is 4.93. The lowest BCUT2D eigenvalue weighted by Crippen LogP contribution is -2.59. The van der Waals surface area contributed by atoms with Gasteiger partial charge in [-0.1, -0.05) is 33.1 Å². The van der Waals surface area contributed by atoms with Crippen LogP contribution in [0.4, 0.5) is 0 Å². The maximum Gasteiger partial charge on any atom is 0.0676 e. The fourth-order valence-corrected chi connectivity index (χ4v) is 2.56. The normalized spacial score (nSPS) is 22.3. The predicted molar refractivity (Wildman–Crippen MR) is 66.5 cm³/mol. The average Bonchev–Trinajstić information content (AvgIpc) is 2.29. The molecule has 1 atom stereocenters. The first kappa shape index (κ1) is 13.9. The molecule has 0 aromatic carbocycles. The number of hydrogen-bond acceptors (Lipinski definition) is 3. The molecule has 16 heavy (non-hydrogen) atoms. The van der Waals surface area contributed by atoms with Gasteiger partial charge in [0.25, 0.3) is 0 Å². The van der Waals surface area contributed by atoms with Crippen LogP contribution in [0.5, 0.6) is 0 Å². The summed E-state index contributed by atoms with van der Waals surface area (Å²) in [6, 6.07) is 0.554. The molecule has 1 unspecified atom stereocenters. The summed E-state index contributed by atoms with van der Waals surface area (Å²) in [6.07, 6.45) is 6.45. The third-order valence-corrected chi connectivity index (χ3v) is 3.89. The van der Waals surface area contributed by atoms with Crippen molar-refractivity contribution in [2.24, 2.45) is 5.92 Å². The van der Waals surface area contributed by atoms with E-state index in [4.69, 9.17) is 4.74 Å². The minimum absolute atomic E-state index is 0.148. The second-order valence-electron chi connectivity index (χ2n) is 5.38. The summed E-state index contributed by atoms with van der Waals surface area (Å²) < 4.78 is 5.28. The molecule has 0 bridgehead atoms. The van der Waals surface area contributed by atoms with Crippen molar-refractivity contribution in [2.75, 3.05) is 20.3 Å². The first-order chi connectivity index (χ1) is 7.64. The summed E-state index contributed by atoms with van der Waals surface area (Å²) >= 11 is 0. The van der Waals surface area contributed by atoms with Crippen LogP contribution in [0.1, 0.15) is 46.0 Å². The Morgan fingerprint density at radius 1 is 1.31 bits per heavy atom. The third kappa shape index (κ3) is 3.44. The molecule has 1 saturated carbocycles. The molecule has 1 fully saturated rings. The molecule has 3 heteroatoms. The molecule has 0 aromatic heterocycles. The SMILES string of the molecule is COCC(CO)(NC1CCCCC1)C(C)C. The molecule has 1 aliphatic carbocycles. The number of rotatable bonds is 6. The van der Waals surface area contributed by atoms with Gasteiger partial charge in [-0.15, -0.1) is 0 Å². The summed E-state index contributed by atoms with van der Waals surface area (Å²) in [5.74, 6) is 0.374. The molecular formula is C13H27NO2. The van der Waals surface area contributed by atoms with E-state index in [2.05, 4.69) is 19.2 Å². The number of aliphatic hydroxyl groups excluding tert-OH is 1. The molecule has 0 heterocycles. The van der Waals surface area contributed by atoms with E-state index in [-0.39, 0.29) is 12.1 Å². The number of hydrogen-bond donors (Lipinski definition) is 2. The van der Waals surface area contributed by atoms with E-state index in [1.54, 1.807) is 7.11 Å². The van der Waals surface area contributed by atoms with Crippen molar-refractivity contribution < 1.29 is 9.84 Å². The van der Waals surface area contributed by atoms with E-state index >= 15 is 0 Å². The molecule has 2 N–H and O–H groups in total. The molecule has 3 nitrogen and oxygen atoms in total. The third-order valence-electron chi connectivity index (χ3n) is 3.89. The summed E-state index contributed by atoms with van der Waals surface area (Å²) in [6.45, 7) is 5.02. The first-order valence-corrected chi connectivity index (χ1v) is 6.52. The number of methoxy groups -OCH3 is 1. The summed E-state index contributed by atoms with van der Waals surface area (Å²) in [5.41, 5.74) is -0.267. The van der Waals surface area contributed by atoms with Gasteiger partial charge in [0.05, 0.1) is 18.8 Å². The zero-order valence-electron chi connectivity index (χ0n) is 11.0. The Morgan fingerprint density at radius 2 is 1.94 bits per heavy atom. The zero-order valence-corrected chi connectivity index (χ0v) is 11.0. The summed E-state index contributed by atoms with van der Waals surface area (Å²) in [4.78, 5) is 0. The number of ether oxygens (including phenoxy) is 1. The Hall–Kier alpha value is -0.120. The van der Waals surface area contributed by atoms with Gasteiger partial charge in [0.2, 0.25) is 0 Å². The van der Waals surface area contributed by atoms with E-state index in [0.29, 0.717) is 18.6 Å². The van der Waals surface area contributed by atoms with Crippen LogP contribution in [-0.4, -0.2) is 37.0 Å². The van der Waals surface area contributed by atoms with Crippen LogP contribution in [0.3, 0.4) is 0 Å². The van der Waals surface area contributed by atoms with Gasteiger partial charge in [-0.25, -0.2) is 0 Å². The van der Waals surface area contributed by atoms with Gasteiger partial charge in [-0.2, -0.15) is 0 Å². The van der Waals surface area contributed by atoms with Crippen molar-refractivity contribution in [3.8, 4) is 0 Å². The lowest BCUT2D eigenvalue weighted by Gasteiger charge is -2.40. The van der Waals surface area contributed by atoms with E-state index in [1.807, 2.05) is 0 Å². The standard InChI is InChI=1S/C13H27NO2/c1-11(2)13(9-15,10-16-3)14-12-7-5-4-6-8-12/h11-12,14-15H,4-10H2,1-3H3. The Bertz CT molecular complexity index is 190. The maximum atomic E-state index is 9.67. The highest BCUT2D eigenvalue weighted by Gasteiger charge is 2.35. The molecule has 0 radical (unpaired) electrons. The van der Waals surface area contributed by atoms with E-state index in [0.717, 1.165) is 0 Å². The minimum Gasteiger partial charge on any atom is -0.394 e. The molecule has 0 aliphatic heterocycles. The van der Waals surface area contributed by atoms with Crippen molar-refractivity contribution in [2.45, 2.75) is 57.5 Å². The van der Waals surface area contributed by atoms with Gasteiger partial charge in [0.1, 0.15) is 0 Å². The monoisotopic (exact) mass is 229 g/mol.